The molecule has 3 aromatic rings. The molecule has 0 spiro atoms. The van der Waals surface area contributed by atoms with Gasteiger partial charge in [-0.25, -0.2) is 9.97 Å². The fraction of sp³-hybridized carbons (Fsp3) is 0.421. The summed E-state index contributed by atoms with van der Waals surface area (Å²) in [5, 5.41) is 12.9. The number of nitriles is 1. The van der Waals surface area contributed by atoms with E-state index in [-0.39, 0.29) is 0 Å². The molecule has 134 valence electrons. The summed E-state index contributed by atoms with van der Waals surface area (Å²) >= 11 is 1.64. The molecule has 4 rings (SSSR count). The molecule has 3 aromatic heterocycles. The quantitative estimate of drug-likeness (QED) is 0.711. The third kappa shape index (κ3) is 2.49. The van der Waals surface area contributed by atoms with Crippen molar-refractivity contribution in [3.63, 3.8) is 0 Å². The van der Waals surface area contributed by atoms with Crippen LogP contribution in [0.15, 0.2) is 17.8 Å². The van der Waals surface area contributed by atoms with Crippen LogP contribution in [0.25, 0.3) is 16.9 Å². The summed E-state index contributed by atoms with van der Waals surface area (Å²) in [6.07, 6.45) is 6.33. The van der Waals surface area contributed by atoms with Crippen LogP contribution >= 0.6 is 11.3 Å². The predicted octanol–water partition coefficient (Wildman–Crippen LogP) is 3.43. The number of hydrogen-bond donors (Lipinski definition) is 0. The first-order chi connectivity index (χ1) is 12.5. The molecule has 1 aliphatic rings. The van der Waals surface area contributed by atoms with Gasteiger partial charge in [0.25, 0.3) is 0 Å². The molecule has 0 aromatic carbocycles. The van der Waals surface area contributed by atoms with Gasteiger partial charge in [0.2, 0.25) is 0 Å². The zero-order chi connectivity index (χ0) is 18.4. The highest BCUT2D eigenvalue weighted by molar-refractivity contribution is 7.09. The standard InChI is InChI=1S/C19H22N6S/c1-12-14(10-20)18-21-7-9-25(18)19(17(12)15-11-26-13(2)22-15)24-8-5-6-16(24)23(3)4/h7,9,11,16H,5-6,8H2,1-4H3. The van der Waals surface area contributed by atoms with Crippen molar-refractivity contribution in [3.8, 4) is 17.3 Å². The van der Waals surface area contributed by atoms with Crippen LogP contribution in [0.1, 0.15) is 29.0 Å². The van der Waals surface area contributed by atoms with Gasteiger partial charge >= 0.3 is 0 Å². The number of anilines is 1. The molecular weight excluding hydrogens is 344 g/mol. The van der Waals surface area contributed by atoms with Gasteiger partial charge in [-0.1, -0.05) is 0 Å². The molecule has 0 amide bonds. The summed E-state index contributed by atoms with van der Waals surface area (Å²) in [4.78, 5) is 13.9. The van der Waals surface area contributed by atoms with E-state index in [2.05, 4.69) is 44.7 Å². The Labute approximate surface area is 157 Å². The number of pyridine rings is 1. The third-order valence-electron chi connectivity index (χ3n) is 5.14. The van der Waals surface area contributed by atoms with Crippen LogP contribution in [0.5, 0.6) is 0 Å². The smallest absolute Gasteiger partial charge is 0.156 e. The van der Waals surface area contributed by atoms with Crippen LogP contribution in [0, 0.1) is 25.2 Å². The SMILES string of the molecule is Cc1nc(-c2c(C)c(C#N)c3nccn3c2N2CCCC2N(C)C)cs1. The molecule has 0 saturated carbocycles. The number of hydrogen-bond acceptors (Lipinski definition) is 6. The van der Waals surface area contributed by atoms with E-state index < -0.39 is 0 Å². The average molecular weight is 366 g/mol. The third-order valence-corrected chi connectivity index (χ3v) is 5.92. The van der Waals surface area contributed by atoms with Crippen molar-refractivity contribution in [2.75, 3.05) is 25.5 Å². The summed E-state index contributed by atoms with van der Waals surface area (Å²) in [5.41, 5.74) is 4.29. The van der Waals surface area contributed by atoms with E-state index in [4.69, 9.17) is 4.98 Å². The van der Waals surface area contributed by atoms with Gasteiger partial charge in [-0.3, -0.25) is 9.30 Å². The van der Waals surface area contributed by atoms with E-state index in [1.807, 2.05) is 20.0 Å². The van der Waals surface area contributed by atoms with Crippen molar-refractivity contribution in [1.29, 1.82) is 5.26 Å². The molecule has 1 atom stereocenters. The summed E-state index contributed by atoms with van der Waals surface area (Å²) in [5.74, 6) is 1.09. The van der Waals surface area contributed by atoms with E-state index in [1.165, 1.54) is 0 Å². The highest BCUT2D eigenvalue weighted by atomic mass is 32.1. The Balaban J connectivity index is 2.07. The van der Waals surface area contributed by atoms with Gasteiger partial charge in [-0.2, -0.15) is 5.26 Å². The van der Waals surface area contributed by atoms with Crippen LogP contribution in [0.4, 0.5) is 5.82 Å². The number of rotatable bonds is 3. The molecule has 0 aliphatic carbocycles. The summed E-state index contributed by atoms with van der Waals surface area (Å²) in [6, 6.07) is 2.36. The highest BCUT2D eigenvalue weighted by Gasteiger charge is 2.32. The van der Waals surface area contributed by atoms with Crippen molar-refractivity contribution in [3.05, 3.63) is 33.9 Å². The number of fused-ring (bicyclic) bond motifs is 1. The lowest BCUT2D eigenvalue weighted by Gasteiger charge is -2.34. The van der Waals surface area contributed by atoms with Crippen LogP contribution in [-0.4, -0.2) is 46.1 Å². The van der Waals surface area contributed by atoms with E-state index in [0.717, 1.165) is 52.7 Å². The highest BCUT2D eigenvalue weighted by Crippen LogP contribution is 2.40. The zero-order valence-electron chi connectivity index (χ0n) is 15.5. The van der Waals surface area contributed by atoms with Crippen molar-refractivity contribution in [1.82, 2.24) is 19.3 Å². The number of imidazole rings is 1. The topological polar surface area (TPSA) is 60.5 Å². The monoisotopic (exact) mass is 366 g/mol. The Morgan fingerprint density at radius 2 is 2.15 bits per heavy atom. The lowest BCUT2D eigenvalue weighted by Crippen LogP contribution is -2.41. The van der Waals surface area contributed by atoms with E-state index in [9.17, 15) is 5.26 Å². The fourth-order valence-corrected chi connectivity index (χ4v) is 4.58. The van der Waals surface area contributed by atoms with Gasteiger partial charge in [0.05, 0.1) is 22.4 Å². The molecule has 7 heteroatoms. The van der Waals surface area contributed by atoms with Crippen LogP contribution in [-0.2, 0) is 0 Å². The summed E-state index contributed by atoms with van der Waals surface area (Å²) in [7, 11) is 4.24. The van der Waals surface area contributed by atoms with Gasteiger partial charge in [0, 0.05) is 29.9 Å². The number of nitrogens with zero attached hydrogens (tertiary/aromatic N) is 6. The van der Waals surface area contributed by atoms with E-state index in [0.29, 0.717) is 11.7 Å². The zero-order valence-corrected chi connectivity index (χ0v) is 16.3. The molecule has 1 aliphatic heterocycles. The normalized spacial score (nSPS) is 17.4. The Morgan fingerprint density at radius 1 is 1.35 bits per heavy atom. The van der Waals surface area contributed by atoms with Gasteiger partial charge in [0.15, 0.2) is 5.65 Å². The Bertz CT molecular complexity index is 1010. The van der Waals surface area contributed by atoms with Gasteiger partial charge < -0.3 is 4.90 Å². The van der Waals surface area contributed by atoms with Gasteiger partial charge in [-0.15, -0.1) is 11.3 Å². The molecule has 1 unspecified atom stereocenters. The second-order valence-electron chi connectivity index (χ2n) is 6.96. The van der Waals surface area contributed by atoms with E-state index >= 15 is 0 Å². The molecule has 0 N–H and O–H groups in total. The van der Waals surface area contributed by atoms with Crippen molar-refractivity contribution >= 4 is 22.8 Å². The van der Waals surface area contributed by atoms with Gasteiger partial charge in [-0.05, 0) is 46.3 Å². The second-order valence-corrected chi connectivity index (χ2v) is 8.03. The molecule has 1 saturated heterocycles. The number of aryl methyl sites for hydroxylation is 1. The van der Waals surface area contributed by atoms with E-state index in [1.54, 1.807) is 17.5 Å². The van der Waals surface area contributed by atoms with Gasteiger partial charge in [0.1, 0.15) is 11.9 Å². The Morgan fingerprint density at radius 3 is 2.81 bits per heavy atom. The fourth-order valence-electron chi connectivity index (χ4n) is 3.97. The maximum absolute atomic E-state index is 9.76. The summed E-state index contributed by atoms with van der Waals surface area (Å²) in [6.45, 7) is 5.02. The Kier molecular flexibility index (Phi) is 4.17. The van der Waals surface area contributed by atoms with Crippen LogP contribution in [0.3, 0.4) is 0 Å². The second kappa shape index (κ2) is 6.38. The lowest BCUT2D eigenvalue weighted by atomic mass is 10.0. The lowest BCUT2D eigenvalue weighted by molar-refractivity contribution is 0.300. The first-order valence-electron chi connectivity index (χ1n) is 8.78. The predicted molar refractivity (Wildman–Crippen MR) is 105 cm³/mol. The first-order valence-corrected chi connectivity index (χ1v) is 9.66. The molecular formula is C19H22N6S. The average Bonchev–Trinajstić information content (AvgIpc) is 3.33. The summed E-state index contributed by atoms with van der Waals surface area (Å²) < 4.78 is 2.07. The molecule has 0 radical (unpaired) electrons. The largest absolute Gasteiger partial charge is 0.341 e. The molecule has 6 nitrogen and oxygen atoms in total. The minimum Gasteiger partial charge on any atom is -0.341 e. The number of thiazole rings is 1. The van der Waals surface area contributed by atoms with Crippen LogP contribution in [0.2, 0.25) is 0 Å². The van der Waals surface area contributed by atoms with Crippen LogP contribution < -0.4 is 4.90 Å². The first kappa shape index (κ1) is 17.0. The molecule has 26 heavy (non-hydrogen) atoms. The Hall–Kier alpha value is -2.43. The maximum Gasteiger partial charge on any atom is 0.156 e. The minimum atomic E-state index is 0.325. The number of aromatic nitrogens is 3. The molecule has 4 heterocycles. The molecule has 1 fully saturated rings. The van der Waals surface area contributed by atoms with Crippen molar-refractivity contribution in [2.45, 2.75) is 32.9 Å². The maximum atomic E-state index is 9.76. The minimum absolute atomic E-state index is 0.325. The van der Waals surface area contributed by atoms with Crippen molar-refractivity contribution < 1.29 is 0 Å². The van der Waals surface area contributed by atoms with Crippen molar-refractivity contribution in [2.24, 2.45) is 0 Å². The molecule has 0 bridgehead atoms.